The summed E-state index contributed by atoms with van der Waals surface area (Å²) in [4.78, 5) is 10.7. The topological polar surface area (TPSA) is 54.0 Å². The fourth-order valence-corrected chi connectivity index (χ4v) is 2.34. The summed E-state index contributed by atoms with van der Waals surface area (Å²) >= 11 is 6.88. The van der Waals surface area contributed by atoms with Gasteiger partial charge in [-0.05, 0) is 12.8 Å². The second kappa shape index (κ2) is 20.2. The van der Waals surface area contributed by atoms with Crippen LogP contribution in [0.25, 0.3) is 0 Å². The molecule has 7 heteroatoms. The van der Waals surface area contributed by atoms with Crippen LogP contribution in [-0.2, 0) is 23.7 Å². The first kappa shape index (κ1) is 23.1. The van der Waals surface area contributed by atoms with Gasteiger partial charge in [-0.15, -0.1) is 11.6 Å². The zero-order chi connectivity index (χ0) is 17.0. The molecule has 0 saturated carbocycles. The van der Waals surface area contributed by atoms with Gasteiger partial charge >= 0.3 is 0 Å². The van der Waals surface area contributed by atoms with Gasteiger partial charge in [0.1, 0.15) is 0 Å². The number of hydrogen-bond donors (Lipinski definition) is 0. The monoisotopic (exact) mass is 370 g/mol. The first-order valence-electron chi connectivity index (χ1n) is 8.27. The molecule has 0 radical (unpaired) electrons. The zero-order valence-corrected chi connectivity index (χ0v) is 15.8. The number of unbranched alkanes of at least 4 members (excludes halogenated alkanes) is 3. The van der Waals surface area contributed by atoms with E-state index in [1.807, 2.05) is 0 Å². The fraction of sp³-hybridized carbons (Fsp3) is 0.938. The molecular weight excluding hydrogens is 340 g/mol. The van der Waals surface area contributed by atoms with Gasteiger partial charge in [-0.1, -0.05) is 24.6 Å². The minimum Gasteiger partial charge on any atom is -0.379 e. The highest BCUT2D eigenvalue weighted by Crippen LogP contribution is 2.01. The van der Waals surface area contributed by atoms with Crippen molar-refractivity contribution in [3.63, 3.8) is 0 Å². The summed E-state index contributed by atoms with van der Waals surface area (Å²) in [5, 5.41) is 0.123. The van der Waals surface area contributed by atoms with Gasteiger partial charge in [0.05, 0.1) is 46.2 Å². The Kier molecular flexibility index (Phi) is 20.3. The van der Waals surface area contributed by atoms with E-state index in [-0.39, 0.29) is 5.12 Å². The molecule has 0 aromatic carbocycles. The maximum Gasteiger partial charge on any atom is 0.185 e. The Morgan fingerprint density at radius 1 is 0.739 bits per heavy atom. The summed E-state index contributed by atoms with van der Waals surface area (Å²) in [6, 6.07) is 0. The Bertz CT molecular complexity index is 257. The highest BCUT2D eigenvalue weighted by Gasteiger charge is 1.95. The molecule has 138 valence electrons. The Morgan fingerprint density at radius 2 is 1.22 bits per heavy atom. The van der Waals surface area contributed by atoms with Crippen LogP contribution in [-0.4, -0.2) is 69.6 Å². The van der Waals surface area contributed by atoms with Gasteiger partial charge in [0, 0.05) is 25.2 Å². The van der Waals surface area contributed by atoms with Gasteiger partial charge in [0.15, 0.2) is 5.12 Å². The lowest BCUT2D eigenvalue weighted by atomic mass is 10.2. The van der Waals surface area contributed by atoms with Crippen molar-refractivity contribution in [2.75, 3.05) is 64.5 Å². The van der Waals surface area contributed by atoms with E-state index in [9.17, 15) is 4.79 Å². The van der Waals surface area contributed by atoms with Crippen LogP contribution < -0.4 is 0 Å². The van der Waals surface area contributed by atoms with Crippen molar-refractivity contribution < 1.29 is 23.7 Å². The highest BCUT2D eigenvalue weighted by molar-refractivity contribution is 8.13. The first-order valence-corrected chi connectivity index (χ1v) is 9.79. The molecule has 0 aliphatic rings. The van der Waals surface area contributed by atoms with Crippen LogP contribution in [0.15, 0.2) is 0 Å². The van der Waals surface area contributed by atoms with Crippen LogP contribution in [0.5, 0.6) is 0 Å². The third-order valence-electron chi connectivity index (χ3n) is 2.82. The van der Waals surface area contributed by atoms with Crippen molar-refractivity contribution in [3.8, 4) is 0 Å². The third-order valence-corrected chi connectivity index (χ3v) is 3.87. The second-order valence-electron chi connectivity index (χ2n) is 4.89. The SMILES string of the molecule is CC(=O)SCCOCCOCCOCCOCCCCCCCl. The van der Waals surface area contributed by atoms with E-state index < -0.39 is 0 Å². The van der Waals surface area contributed by atoms with Crippen molar-refractivity contribution in [2.45, 2.75) is 32.6 Å². The van der Waals surface area contributed by atoms with Crippen molar-refractivity contribution in [1.29, 1.82) is 0 Å². The maximum atomic E-state index is 10.7. The molecule has 0 saturated heterocycles. The van der Waals surface area contributed by atoms with Crippen molar-refractivity contribution in [3.05, 3.63) is 0 Å². The van der Waals surface area contributed by atoms with Gasteiger partial charge in [0.25, 0.3) is 0 Å². The predicted molar refractivity (Wildman–Crippen MR) is 95.6 cm³/mol. The summed E-state index contributed by atoms with van der Waals surface area (Å²) in [6.07, 6.45) is 4.54. The summed E-state index contributed by atoms with van der Waals surface area (Å²) in [7, 11) is 0. The van der Waals surface area contributed by atoms with Gasteiger partial charge < -0.3 is 18.9 Å². The quantitative estimate of drug-likeness (QED) is 0.273. The third kappa shape index (κ3) is 22.2. The predicted octanol–water partition coefficient (Wildman–Crippen LogP) is 3.13. The average Bonchev–Trinajstić information content (AvgIpc) is 2.53. The molecule has 0 rings (SSSR count). The van der Waals surface area contributed by atoms with E-state index in [4.69, 9.17) is 30.5 Å². The average molecular weight is 371 g/mol. The molecular formula is C16H31ClO5S. The van der Waals surface area contributed by atoms with Crippen LogP contribution in [0, 0.1) is 0 Å². The summed E-state index contributed by atoms with van der Waals surface area (Å²) in [5.74, 6) is 1.45. The van der Waals surface area contributed by atoms with Gasteiger partial charge in [-0.3, -0.25) is 4.79 Å². The number of halogens is 1. The van der Waals surface area contributed by atoms with Crippen LogP contribution >= 0.6 is 23.4 Å². The lowest BCUT2D eigenvalue weighted by molar-refractivity contribution is -0.109. The molecule has 0 aromatic heterocycles. The number of rotatable bonds is 18. The zero-order valence-electron chi connectivity index (χ0n) is 14.2. The Labute approximate surface area is 149 Å². The first-order chi connectivity index (χ1) is 11.3. The molecule has 0 aliphatic carbocycles. The number of carbonyl (C=O) groups excluding carboxylic acids is 1. The molecule has 0 N–H and O–H groups in total. The Hall–Kier alpha value is 0.150. The van der Waals surface area contributed by atoms with E-state index in [0.717, 1.165) is 25.3 Å². The van der Waals surface area contributed by atoms with Crippen LogP contribution in [0.2, 0.25) is 0 Å². The number of carbonyl (C=O) groups is 1. The maximum absolute atomic E-state index is 10.7. The summed E-state index contributed by atoms with van der Waals surface area (Å²) in [5.41, 5.74) is 0. The van der Waals surface area contributed by atoms with Crippen molar-refractivity contribution >= 4 is 28.5 Å². The van der Waals surface area contributed by atoms with Gasteiger partial charge in [0.2, 0.25) is 0 Å². The van der Waals surface area contributed by atoms with Crippen LogP contribution in [0.3, 0.4) is 0 Å². The van der Waals surface area contributed by atoms with E-state index in [0.29, 0.717) is 52.0 Å². The van der Waals surface area contributed by atoms with Crippen LogP contribution in [0.1, 0.15) is 32.6 Å². The molecule has 0 amide bonds. The summed E-state index contributed by atoms with van der Waals surface area (Å²) in [6.45, 7) is 6.38. The standard InChI is InChI=1S/C16H31ClO5S/c1-16(18)23-15-14-22-13-12-21-11-10-20-9-8-19-7-5-3-2-4-6-17/h2-15H2,1H3. The molecule has 0 bridgehead atoms. The minimum absolute atomic E-state index is 0.123. The smallest absolute Gasteiger partial charge is 0.185 e. The number of thioether (sulfide) groups is 1. The molecule has 0 heterocycles. The molecule has 0 fully saturated rings. The largest absolute Gasteiger partial charge is 0.379 e. The molecule has 0 spiro atoms. The summed E-state index contributed by atoms with van der Waals surface area (Å²) < 4.78 is 21.6. The number of alkyl halides is 1. The van der Waals surface area contributed by atoms with E-state index >= 15 is 0 Å². The number of hydrogen-bond acceptors (Lipinski definition) is 6. The second-order valence-corrected chi connectivity index (χ2v) is 6.54. The van der Waals surface area contributed by atoms with Gasteiger partial charge in [-0.2, -0.15) is 0 Å². The molecule has 23 heavy (non-hydrogen) atoms. The molecule has 0 atom stereocenters. The molecule has 5 nitrogen and oxygen atoms in total. The van der Waals surface area contributed by atoms with Gasteiger partial charge in [-0.25, -0.2) is 0 Å². The van der Waals surface area contributed by atoms with E-state index in [1.54, 1.807) is 6.92 Å². The minimum atomic E-state index is 0.123. The Balaban J connectivity index is 2.96. The molecule has 0 aliphatic heterocycles. The lowest BCUT2D eigenvalue weighted by Crippen LogP contribution is -2.12. The van der Waals surface area contributed by atoms with Crippen LogP contribution in [0.4, 0.5) is 0 Å². The molecule has 0 unspecified atom stereocenters. The van der Waals surface area contributed by atoms with E-state index in [2.05, 4.69) is 0 Å². The van der Waals surface area contributed by atoms with Crippen molar-refractivity contribution in [1.82, 2.24) is 0 Å². The molecule has 0 aromatic rings. The highest BCUT2D eigenvalue weighted by atomic mass is 35.5. The normalized spacial score (nSPS) is 11.0. The fourth-order valence-electron chi connectivity index (χ4n) is 1.66. The van der Waals surface area contributed by atoms with Crippen molar-refractivity contribution in [2.24, 2.45) is 0 Å². The Morgan fingerprint density at radius 3 is 1.74 bits per heavy atom. The number of ether oxygens (including phenoxy) is 4. The van der Waals surface area contributed by atoms with E-state index in [1.165, 1.54) is 24.6 Å². The lowest BCUT2D eigenvalue weighted by Gasteiger charge is -2.07.